The van der Waals surface area contributed by atoms with Gasteiger partial charge in [-0.05, 0) is 6.20 Å². The van der Waals surface area contributed by atoms with Gasteiger partial charge in [-0.15, -0.1) is 0 Å². The van der Waals surface area contributed by atoms with Gasteiger partial charge in [-0.1, -0.05) is 6.08 Å². The quantitative estimate of drug-likeness (QED) is 0.524. The summed E-state index contributed by atoms with van der Waals surface area (Å²) in [5, 5.41) is 7.91. The standard InChI is InChI=1S/C4H8FNO/c5-4(7)2-1-3-6/h1,3-4,7H,2,6H2/b3-1-. The van der Waals surface area contributed by atoms with E-state index in [1.54, 1.807) is 0 Å². The number of rotatable bonds is 2. The summed E-state index contributed by atoms with van der Waals surface area (Å²) >= 11 is 0. The summed E-state index contributed by atoms with van der Waals surface area (Å²) in [6.07, 6.45) is 0.768. The molecule has 3 heteroatoms. The largest absolute Gasteiger partial charge is 0.405 e. The fraction of sp³-hybridized carbons (Fsp3) is 0.500. The van der Waals surface area contributed by atoms with E-state index < -0.39 is 6.36 Å². The maximum Gasteiger partial charge on any atom is 0.199 e. The van der Waals surface area contributed by atoms with Crippen molar-refractivity contribution in [2.75, 3.05) is 0 Å². The van der Waals surface area contributed by atoms with Gasteiger partial charge in [0.25, 0.3) is 0 Å². The summed E-state index contributed by atoms with van der Waals surface area (Å²) in [5.41, 5.74) is 4.82. The smallest absolute Gasteiger partial charge is 0.199 e. The molecule has 0 amide bonds. The summed E-state index contributed by atoms with van der Waals surface area (Å²) in [6, 6.07) is 0. The Morgan fingerprint density at radius 1 is 1.86 bits per heavy atom. The highest BCUT2D eigenvalue weighted by molar-refractivity contribution is 4.75. The first-order valence-electron chi connectivity index (χ1n) is 1.96. The number of nitrogens with two attached hydrogens (primary N) is 1. The minimum absolute atomic E-state index is 0.0174. The van der Waals surface area contributed by atoms with Crippen LogP contribution in [0.2, 0.25) is 0 Å². The molecule has 0 aliphatic rings. The predicted molar refractivity (Wildman–Crippen MR) is 25.1 cm³/mol. The molecule has 0 bridgehead atoms. The number of hydrogen-bond donors (Lipinski definition) is 2. The van der Waals surface area contributed by atoms with Crippen LogP contribution < -0.4 is 5.73 Å². The van der Waals surface area contributed by atoms with E-state index in [1.807, 2.05) is 0 Å². The molecule has 0 aromatic carbocycles. The van der Waals surface area contributed by atoms with E-state index in [-0.39, 0.29) is 6.42 Å². The van der Waals surface area contributed by atoms with Crippen LogP contribution in [0.5, 0.6) is 0 Å². The molecular formula is C4H8FNO. The molecule has 0 aliphatic heterocycles. The highest BCUT2D eigenvalue weighted by Gasteiger charge is 1.91. The lowest BCUT2D eigenvalue weighted by molar-refractivity contribution is 0.0454. The third kappa shape index (κ3) is 5.43. The van der Waals surface area contributed by atoms with Gasteiger partial charge in [0, 0.05) is 6.42 Å². The first kappa shape index (κ1) is 6.43. The SMILES string of the molecule is N/C=C\CC(O)F. The third-order valence-electron chi connectivity index (χ3n) is 0.467. The lowest BCUT2D eigenvalue weighted by atomic mass is 10.4. The van der Waals surface area contributed by atoms with Gasteiger partial charge in [-0.3, -0.25) is 0 Å². The molecule has 0 saturated carbocycles. The zero-order valence-corrected chi connectivity index (χ0v) is 3.84. The third-order valence-corrected chi connectivity index (χ3v) is 0.467. The maximum absolute atomic E-state index is 11.3. The molecule has 0 aliphatic carbocycles. The Morgan fingerprint density at radius 2 is 2.43 bits per heavy atom. The summed E-state index contributed by atoms with van der Waals surface area (Å²) in [7, 11) is 0. The van der Waals surface area contributed by atoms with Crippen LogP contribution in [0.15, 0.2) is 12.3 Å². The monoisotopic (exact) mass is 105 g/mol. The highest BCUT2D eigenvalue weighted by atomic mass is 19.1. The van der Waals surface area contributed by atoms with Crippen molar-refractivity contribution < 1.29 is 9.50 Å². The van der Waals surface area contributed by atoms with E-state index in [0.717, 1.165) is 0 Å². The predicted octanol–water partition coefficient (Wildman–Crippen LogP) is 0.137. The van der Waals surface area contributed by atoms with Crippen LogP contribution in [0.4, 0.5) is 4.39 Å². The lowest BCUT2D eigenvalue weighted by Gasteiger charge is -1.89. The molecule has 0 aromatic heterocycles. The van der Waals surface area contributed by atoms with Gasteiger partial charge in [0.2, 0.25) is 0 Å². The summed E-state index contributed by atoms with van der Waals surface area (Å²) < 4.78 is 11.3. The number of aliphatic hydroxyl groups is 1. The van der Waals surface area contributed by atoms with Gasteiger partial charge >= 0.3 is 0 Å². The van der Waals surface area contributed by atoms with Crippen molar-refractivity contribution in [3.63, 3.8) is 0 Å². The molecule has 0 saturated heterocycles. The Kier molecular flexibility index (Phi) is 3.32. The summed E-state index contributed by atoms with van der Waals surface area (Å²) in [6.45, 7) is 0. The molecule has 42 valence electrons. The van der Waals surface area contributed by atoms with E-state index in [2.05, 4.69) is 0 Å². The van der Waals surface area contributed by atoms with Gasteiger partial charge in [-0.25, -0.2) is 4.39 Å². The topological polar surface area (TPSA) is 46.2 Å². The lowest BCUT2D eigenvalue weighted by Crippen LogP contribution is -1.93. The molecule has 2 nitrogen and oxygen atoms in total. The number of alkyl halides is 1. The van der Waals surface area contributed by atoms with E-state index in [1.165, 1.54) is 12.3 Å². The zero-order valence-electron chi connectivity index (χ0n) is 3.84. The van der Waals surface area contributed by atoms with E-state index >= 15 is 0 Å². The Balaban J connectivity index is 2.97. The molecule has 0 radical (unpaired) electrons. The molecule has 0 aromatic rings. The Morgan fingerprint density at radius 3 is 2.57 bits per heavy atom. The van der Waals surface area contributed by atoms with Crippen LogP contribution in [0, 0.1) is 0 Å². The van der Waals surface area contributed by atoms with Gasteiger partial charge in [0.15, 0.2) is 6.36 Å². The molecule has 3 N–H and O–H groups in total. The van der Waals surface area contributed by atoms with Crippen LogP contribution in [-0.4, -0.2) is 11.5 Å². The average Bonchev–Trinajstić information content (AvgIpc) is 1.61. The van der Waals surface area contributed by atoms with Crippen LogP contribution in [-0.2, 0) is 0 Å². The van der Waals surface area contributed by atoms with Crippen LogP contribution in [0.1, 0.15) is 6.42 Å². The Bertz CT molecular complexity index is 62.7. The van der Waals surface area contributed by atoms with Crippen molar-refractivity contribution in [1.29, 1.82) is 0 Å². The second-order valence-electron chi connectivity index (χ2n) is 1.10. The van der Waals surface area contributed by atoms with E-state index in [0.29, 0.717) is 0 Å². The second kappa shape index (κ2) is 3.61. The fourth-order valence-corrected chi connectivity index (χ4v) is 0.191. The molecule has 0 spiro atoms. The van der Waals surface area contributed by atoms with Crippen molar-refractivity contribution >= 4 is 0 Å². The van der Waals surface area contributed by atoms with E-state index in [4.69, 9.17) is 10.8 Å². The van der Waals surface area contributed by atoms with Gasteiger partial charge in [-0.2, -0.15) is 0 Å². The number of hydrogen-bond acceptors (Lipinski definition) is 2. The van der Waals surface area contributed by atoms with Gasteiger partial charge < -0.3 is 10.8 Å². The first-order chi connectivity index (χ1) is 3.27. The first-order valence-corrected chi connectivity index (χ1v) is 1.96. The molecular weight excluding hydrogens is 97.0 g/mol. The fourth-order valence-electron chi connectivity index (χ4n) is 0.191. The van der Waals surface area contributed by atoms with Crippen LogP contribution >= 0.6 is 0 Å². The Hall–Kier alpha value is -0.570. The van der Waals surface area contributed by atoms with Gasteiger partial charge in [0.05, 0.1) is 0 Å². The van der Waals surface area contributed by atoms with Crippen molar-refractivity contribution in [3.8, 4) is 0 Å². The molecule has 0 fully saturated rings. The normalized spacial score (nSPS) is 15.1. The minimum Gasteiger partial charge on any atom is -0.405 e. The summed E-state index contributed by atoms with van der Waals surface area (Å²) in [5.74, 6) is 0. The zero-order chi connectivity index (χ0) is 5.70. The summed E-state index contributed by atoms with van der Waals surface area (Å²) in [4.78, 5) is 0. The minimum atomic E-state index is -1.76. The van der Waals surface area contributed by atoms with Crippen LogP contribution in [0.25, 0.3) is 0 Å². The number of aliphatic hydroxyl groups excluding tert-OH is 1. The molecule has 7 heavy (non-hydrogen) atoms. The molecule has 1 unspecified atom stereocenters. The van der Waals surface area contributed by atoms with Crippen molar-refractivity contribution in [2.24, 2.45) is 5.73 Å². The van der Waals surface area contributed by atoms with Crippen LogP contribution in [0.3, 0.4) is 0 Å². The number of halogens is 1. The Labute approximate surface area is 41.4 Å². The highest BCUT2D eigenvalue weighted by Crippen LogP contribution is 1.90. The molecule has 0 rings (SSSR count). The van der Waals surface area contributed by atoms with E-state index in [9.17, 15) is 4.39 Å². The van der Waals surface area contributed by atoms with Gasteiger partial charge in [0.1, 0.15) is 0 Å². The second-order valence-corrected chi connectivity index (χ2v) is 1.10. The van der Waals surface area contributed by atoms with Crippen molar-refractivity contribution in [2.45, 2.75) is 12.8 Å². The maximum atomic E-state index is 11.3. The van der Waals surface area contributed by atoms with Crippen molar-refractivity contribution in [3.05, 3.63) is 12.3 Å². The average molecular weight is 105 g/mol. The van der Waals surface area contributed by atoms with Crippen molar-refractivity contribution in [1.82, 2.24) is 0 Å². The molecule has 0 heterocycles. The molecule has 1 atom stereocenters.